The van der Waals surface area contributed by atoms with Crippen molar-refractivity contribution in [3.05, 3.63) is 10.0 Å². The van der Waals surface area contributed by atoms with Crippen molar-refractivity contribution in [1.82, 2.24) is 23.1 Å². The molecule has 21 heavy (non-hydrogen) atoms. The molecule has 2 rings (SSSR count). The Morgan fingerprint density at radius 3 is 2.33 bits per heavy atom. The standard InChI is InChI=1S/C11H20ClN5O2S2/c1-3-16(4-2)21(18,19)17-7-5-15(6-8-17)9-10-11(12)20-14-13-10/h3-9H2,1-2H3. The largest absolute Gasteiger partial charge is 0.295 e. The maximum atomic E-state index is 12.4. The second-order valence-electron chi connectivity index (χ2n) is 4.76. The molecular formula is C11H20ClN5O2S2. The molecule has 1 aliphatic heterocycles. The van der Waals surface area contributed by atoms with Crippen molar-refractivity contribution >= 4 is 33.3 Å². The lowest BCUT2D eigenvalue weighted by atomic mass is 10.3. The van der Waals surface area contributed by atoms with Crippen molar-refractivity contribution in [2.75, 3.05) is 39.3 Å². The number of rotatable bonds is 6. The predicted molar refractivity (Wildman–Crippen MR) is 83.6 cm³/mol. The molecule has 7 nitrogen and oxygen atoms in total. The van der Waals surface area contributed by atoms with Gasteiger partial charge in [-0.25, -0.2) is 0 Å². The molecule has 0 aliphatic carbocycles. The summed E-state index contributed by atoms with van der Waals surface area (Å²) in [6, 6.07) is 0. The summed E-state index contributed by atoms with van der Waals surface area (Å²) >= 11 is 7.17. The molecule has 0 saturated carbocycles. The molecule has 1 fully saturated rings. The van der Waals surface area contributed by atoms with E-state index in [1.807, 2.05) is 13.8 Å². The Kier molecular flexibility index (Phi) is 5.92. The minimum atomic E-state index is -3.33. The van der Waals surface area contributed by atoms with Gasteiger partial charge < -0.3 is 0 Å². The van der Waals surface area contributed by atoms with Crippen LogP contribution in [0.4, 0.5) is 0 Å². The van der Waals surface area contributed by atoms with Crippen molar-refractivity contribution in [3.63, 3.8) is 0 Å². The molecule has 0 atom stereocenters. The quantitative estimate of drug-likeness (QED) is 0.759. The van der Waals surface area contributed by atoms with E-state index in [-0.39, 0.29) is 0 Å². The highest BCUT2D eigenvalue weighted by atomic mass is 35.5. The van der Waals surface area contributed by atoms with Crippen LogP contribution < -0.4 is 0 Å². The first-order valence-electron chi connectivity index (χ1n) is 6.93. The Hall–Kier alpha value is -0.320. The molecule has 0 aromatic carbocycles. The van der Waals surface area contributed by atoms with Crippen molar-refractivity contribution in [2.45, 2.75) is 20.4 Å². The third kappa shape index (κ3) is 3.91. The molecular weight excluding hydrogens is 334 g/mol. The van der Waals surface area contributed by atoms with Crippen LogP contribution in [-0.2, 0) is 16.8 Å². The van der Waals surface area contributed by atoms with E-state index in [0.717, 1.165) is 5.69 Å². The van der Waals surface area contributed by atoms with Gasteiger partial charge in [-0.3, -0.25) is 4.90 Å². The molecule has 0 unspecified atom stereocenters. The lowest BCUT2D eigenvalue weighted by molar-refractivity contribution is 0.174. The summed E-state index contributed by atoms with van der Waals surface area (Å²) in [5, 5.41) is 3.99. The number of hydrogen-bond acceptors (Lipinski definition) is 6. The summed E-state index contributed by atoms with van der Waals surface area (Å²) in [6.07, 6.45) is 0. The smallest absolute Gasteiger partial charge is 0.282 e. The van der Waals surface area contributed by atoms with Crippen LogP contribution in [0.15, 0.2) is 0 Å². The summed E-state index contributed by atoms with van der Waals surface area (Å²) in [5.74, 6) is 0. The zero-order valence-electron chi connectivity index (χ0n) is 12.2. The summed E-state index contributed by atoms with van der Waals surface area (Å²) in [5.41, 5.74) is 0.765. The maximum Gasteiger partial charge on any atom is 0.282 e. The van der Waals surface area contributed by atoms with E-state index in [9.17, 15) is 8.42 Å². The molecule has 120 valence electrons. The lowest BCUT2D eigenvalue weighted by Crippen LogP contribution is -2.52. The van der Waals surface area contributed by atoms with E-state index < -0.39 is 10.2 Å². The molecule has 0 radical (unpaired) electrons. The van der Waals surface area contributed by atoms with E-state index in [1.165, 1.54) is 15.8 Å². The Bertz CT molecular complexity index is 553. The van der Waals surface area contributed by atoms with Crippen LogP contribution in [0.1, 0.15) is 19.5 Å². The minimum absolute atomic E-state index is 0.494. The Labute approximate surface area is 134 Å². The number of hydrogen-bond donors (Lipinski definition) is 0. The molecule has 1 aromatic heterocycles. The van der Waals surface area contributed by atoms with Crippen LogP contribution in [0.5, 0.6) is 0 Å². The van der Waals surface area contributed by atoms with Gasteiger partial charge in [0.2, 0.25) is 0 Å². The van der Waals surface area contributed by atoms with Gasteiger partial charge in [-0.15, -0.1) is 5.10 Å². The third-order valence-corrected chi connectivity index (χ3v) is 6.74. The Morgan fingerprint density at radius 2 is 1.86 bits per heavy atom. The molecule has 0 amide bonds. The molecule has 0 N–H and O–H groups in total. The van der Waals surface area contributed by atoms with E-state index in [2.05, 4.69) is 14.5 Å². The van der Waals surface area contributed by atoms with Crippen molar-refractivity contribution in [1.29, 1.82) is 0 Å². The first kappa shape index (κ1) is 17.0. The van der Waals surface area contributed by atoms with Gasteiger partial charge in [-0.2, -0.15) is 17.0 Å². The van der Waals surface area contributed by atoms with Gasteiger partial charge in [0.1, 0.15) is 10.0 Å². The van der Waals surface area contributed by atoms with Gasteiger partial charge in [0.05, 0.1) is 0 Å². The van der Waals surface area contributed by atoms with Gasteiger partial charge in [-0.1, -0.05) is 29.9 Å². The van der Waals surface area contributed by atoms with E-state index >= 15 is 0 Å². The molecule has 10 heteroatoms. The molecule has 1 saturated heterocycles. The average Bonchev–Trinajstić information content (AvgIpc) is 2.86. The van der Waals surface area contributed by atoms with E-state index in [1.54, 1.807) is 4.31 Å². The molecule has 2 heterocycles. The second-order valence-corrected chi connectivity index (χ2v) is 8.05. The summed E-state index contributed by atoms with van der Waals surface area (Å²) in [6.45, 7) is 7.67. The van der Waals surface area contributed by atoms with Gasteiger partial charge >= 0.3 is 0 Å². The molecule has 0 spiro atoms. The van der Waals surface area contributed by atoms with Crippen LogP contribution >= 0.6 is 23.1 Å². The van der Waals surface area contributed by atoms with Crippen LogP contribution in [-0.4, -0.2) is 70.8 Å². The second kappa shape index (κ2) is 7.30. The molecule has 1 aromatic rings. The highest BCUT2D eigenvalue weighted by Gasteiger charge is 2.31. The number of aromatic nitrogens is 2. The fourth-order valence-electron chi connectivity index (χ4n) is 2.33. The zero-order valence-corrected chi connectivity index (χ0v) is 14.6. The lowest BCUT2D eigenvalue weighted by Gasteiger charge is -2.35. The summed E-state index contributed by atoms with van der Waals surface area (Å²) in [7, 11) is -3.33. The molecule has 1 aliphatic rings. The first-order chi connectivity index (χ1) is 9.98. The van der Waals surface area contributed by atoms with Crippen molar-refractivity contribution in [2.24, 2.45) is 0 Å². The fourth-order valence-corrected chi connectivity index (χ4v) is 4.55. The normalized spacial score (nSPS) is 18.5. The van der Waals surface area contributed by atoms with E-state index in [4.69, 9.17) is 11.6 Å². The van der Waals surface area contributed by atoms with Gasteiger partial charge in [0.15, 0.2) is 0 Å². The zero-order chi connectivity index (χ0) is 15.5. The number of halogens is 1. The summed E-state index contributed by atoms with van der Waals surface area (Å²) < 4.78 is 32.3. The number of nitrogens with zero attached hydrogens (tertiary/aromatic N) is 5. The predicted octanol–water partition coefficient (Wildman–Crippen LogP) is 0.896. The topological polar surface area (TPSA) is 69.6 Å². The van der Waals surface area contributed by atoms with Crippen LogP contribution in [0, 0.1) is 0 Å². The maximum absolute atomic E-state index is 12.4. The summed E-state index contributed by atoms with van der Waals surface area (Å²) in [4.78, 5) is 2.15. The first-order valence-corrected chi connectivity index (χ1v) is 9.48. The highest BCUT2D eigenvalue weighted by molar-refractivity contribution is 7.86. The third-order valence-electron chi connectivity index (χ3n) is 3.57. The van der Waals surface area contributed by atoms with Crippen LogP contribution in [0.2, 0.25) is 4.34 Å². The van der Waals surface area contributed by atoms with Gasteiger partial charge in [0, 0.05) is 57.3 Å². The van der Waals surface area contributed by atoms with Gasteiger partial charge in [-0.05, 0) is 0 Å². The van der Waals surface area contributed by atoms with Gasteiger partial charge in [0.25, 0.3) is 10.2 Å². The van der Waals surface area contributed by atoms with E-state index in [0.29, 0.717) is 50.1 Å². The Balaban J connectivity index is 1.93. The molecule has 0 bridgehead atoms. The SMILES string of the molecule is CCN(CC)S(=O)(=O)N1CCN(Cc2nnsc2Cl)CC1. The van der Waals surface area contributed by atoms with Crippen molar-refractivity contribution < 1.29 is 8.42 Å². The highest BCUT2D eigenvalue weighted by Crippen LogP contribution is 2.20. The Morgan fingerprint density at radius 1 is 1.24 bits per heavy atom. The number of piperazine rings is 1. The van der Waals surface area contributed by atoms with Crippen LogP contribution in [0.25, 0.3) is 0 Å². The minimum Gasteiger partial charge on any atom is -0.295 e. The average molecular weight is 354 g/mol. The monoisotopic (exact) mass is 353 g/mol. The van der Waals surface area contributed by atoms with Crippen molar-refractivity contribution in [3.8, 4) is 0 Å². The van der Waals surface area contributed by atoms with Crippen LogP contribution in [0.3, 0.4) is 0 Å². The fraction of sp³-hybridized carbons (Fsp3) is 0.818.